The summed E-state index contributed by atoms with van der Waals surface area (Å²) in [5.74, 6) is 0. The zero-order valence-electron chi connectivity index (χ0n) is 8.00. The molecule has 1 atom stereocenters. The zero-order valence-corrected chi connectivity index (χ0v) is 10.2. The molecule has 2 heteroatoms. The van der Waals surface area contributed by atoms with Crippen molar-refractivity contribution in [2.75, 3.05) is 6.61 Å². The maximum atomic E-state index is 5.60. The minimum atomic E-state index is 0.245. The molecule has 1 aromatic carbocycles. The van der Waals surface area contributed by atoms with Crippen molar-refractivity contribution < 1.29 is 4.74 Å². The van der Waals surface area contributed by atoms with E-state index in [1.807, 2.05) is 0 Å². The van der Waals surface area contributed by atoms with E-state index in [-0.39, 0.29) is 6.10 Å². The van der Waals surface area contributed by atoms with Gasteiger partial charge in [-0.2, -0.15) is 0 Å². The quantitative estimate of drug-likeness (QED) is 0.760. The third-order valence-corrected chi connectivity index (χ3v) is 3.25. The second kappa shape index (κ2) is 4.45. The summed E-state index contributed by atoms with van der Waals surface area (Å²) < 4.78 is 6.85. The molecule has 0 aliphatic carbocycles. The van der Waals surface area contributed by atoms with E-state index >= 15 is 0 Å². The molecule has 1 nitrogen and oxygen atoms in total. The Hall–Kier alpha value is -0.350. The summed E-state index contributed by atoms with van der Waals surface area (Å²) in [5.41, 5.74) is 2.33. The number of halogens is 1. The molecule has 74 valence electrons. The summed E-state index contributed by atoms with van der Waals surface area (Å²) in [5, 5.41) is 0. The Morgan fingerprint density at radius 1 is 1.36 bits per heavy atom. The number of rotatable bonds is 2. The third-order valence-electron chi connectivity index (χ3n) is 2.53. The van der Waals surface area contributed by atoms with Gasteiger partial charge in [-0.15, -0.1) is 0 Å². The first-order chi connectivity index (χ1) is 6.77. The smallest absolute Gasteiger partial charge is 0.0825 e. The van der Waals surface area contributed by atoms with E-state index in [4.69, 9.17) is 4.74 Å². The number of benzene rings is 1. The van der Waals surface area contributed by atoms with Crippen LogP contribution in [0.4, 0.5) is 0 Å². The van der Waals surface area contributed by atoms with Crippen LogP contribution >= 0.6 is 22.6 Å². The van der Waals surface area contributed by atoms with E-state index in [9.17, 15) is 0 Å². The van der Waals surface area contributed by atoms with Crippen molar-refractivity contribution in [2.24, 2.45) is 0 Å². The number of ether oxygens (including phenoxy) is 1. The van der Waals surface area contributed by atoms with E-state index in [1.165, 1.54) is 9.13 Å². The monoisotopic (exact) mass is 300 g/mol. The second-order valence-electron chi connectivity index (χ2n) is 3.53. The molecule has 1 aromatic rings. The van der Waals surface area contributed by atoms with Crippen molar-refractivity contribution >= 4 is 28.2 Å². The fraction of sp³-hybridized carbons (Fsp3) is 0.333. The average Bonchev–Trinajstić information content (AvgIpc) is 2.71. The molecule has 2 rings (SSSR count). The SMILES string of the molecule is C=C(c1ccc(I)cc1)[C@H]1CCCO1. The molecular weight excluding hydrogens is 287 g/mol. The Balaban J connectivity index is 2.14. The standard InChI is InChI=1S/C12H13IO/c1-9(12-3-2-8-14-12)10-4-6-11(13)7-5-10/h4-7,12H,1-3,8H2/t12-/m1/s1. The molecular formula is C12H13IO. The first-order valence-electron chi connectivity index (χ1n) is 4.84. The van der Waals surface area contributed by atoms with E-state index < -0.39 is 0 Å². The Labute approximate surface area is 98.3 Å². The lowest BCUT2D eigenvalue weighted by molar-refractivity contribution is 0.152. The molecule has 1 fully saturated rings. The lowest BCUT2D eigenvalue weighted by Crippen LogP contribution is -2.06. The highest BCUT2D eigenvalue weighted by atomic mass is 127. The highest BCUT2D eigenvalue weighted by Gasteiger charge is 2.19. The fourth-order valence-corrected chi connectivity index (χ4v) is 2.06. The predicted octanol–water partition coefficient (Wildman–Crippen LogP) is 3.48. The topological polar surface area (TPSA) is 9.23 Å². The lowest BCUT2D eigenvalue weighted by atomic mass is 10.0. The Morgan fingerprint density at radius 2 is 2.07 bits per heavy atom. The molecule has 0 bridgehead atoms. The summed E-state index contributed by atoms with van der Waals surface area (Å²) in [6.07, 6.45) is 2.52. The van der Waals surface area contributed by atoms with Crippen LogP contribution in [0.15, 0.2) is 30.8 Å². The maximum absolute atomic E-state index is 5.60. The molecule has 1 heterocycles. The van der Waals surface area contributed by atoms with Crippen LogP contribution in [0.3, 0.4) is 0 Å². The summed E-state index contributed by atoms with van der Waals surface area (Å²) in [4.78, 5) is 0. The van der Waals surface area contributed by atoms with Gasteiger partial charge in [-0.1, -0.05) is 18.7 Å². The second-order valence-corrected chi connectivity index (χ2v) is 4.78. The summed E-state index contributed by atoms with van der Waals surface area (Å²) >= 11 is 2.31. The molecule has 14 heavy (non-hydrogen) atoms. The predicted molar refractivity (Wildman–Crippen MR) is 67.2 cm³/mol. The molecule has 0 aromatic heterocycles. The molecule has 0 spiro atoms. The van der Waals surface area contributed by atoms with Crippen molar-refractivity contribution in [1.82, 2.24) is 0 Å². The average molecular weight is 300 g/mol. The van der Waals surface area contributed by atoms with Crippen molar-refractivity contribution in [3.8, 4) is 0 Å². The molecule has 1 aliphatic rings. The van der Waals surface area contributed by atoms with Crippen molar-refractivity contribution in [1.29, 1.82) is 0 Å². The van der Waals surface area contributed by atoms with Crippen LogP contribution in [0, 0.1) is 3.57 Å². The van der Waals surface area contributed by atoms with Gasteiger partial charge in [-0.05, 0) is 58.7 Å². The molecule has 0 amide bonds. The summed E-state index contributed by atoms with van der Waals surface area (Å²) in [6.45, 7) is 4.99. The molecule has 1 aliphatic heterocycles. The van der Waals surface area contributed by atoms with Crippen LogP contribution in [0.25, 0.3) is 5.57 Å². The highest BCUT2D eigenvalue weighted by Crippen LogP contribution is 2.26. The van der Waals surface area contributed by atoms with Crippen LogP contribution in [-0.2, 0) is 4.74 Å². The summed E-state index contributed by atoms with van der Waals surface area (Å²) in [7, 11) is 0. The van der Waals surface area contributed by atoms with Crippen LogP contribution < -0.4 is 0 Å². The number of hydrogen-bond acceptors (Lipinski definition) is 1. The largest absolute Gasteiger partial charge is 0.374 e. The lowest BCUT2D eigenvalue weighted by Gasteiger charge is -2.12. The van der Waals surface area contributed by atoms with E-state index in [0.29, 0.717) is 0 Å². The molecule has 0 unspecified atom stereocenters. The Kier molecular flexibility index (Phi) is 3.23. The van der Waals surface area contributed by atoms with Crippen molar-refractivity contribution in [3.05, 3.63) is 40.0 Å². The van der Waals surface area contributed by atoms with Gasteiger partial charge in [-0.3, -0.25) is 0 Å². The van der Waals surface area contributed by atoms with Gasteiger partial charge in [0.1, 0.15) is 0 Å². The van der Waals surface area contributed by atoms with Gasteiger partial charge in [0, 0.05) is 10.2 Å². The fourth-order valence-electron chi connectivity index (χ4n) is 1.70. The maximum Gasteiger partial charge on any atom is 0.0825 e. The van der Waals surface area contributed by atoms with Gasteiger partial charge in [0.15, 0.2) is 0 Å². The van der Waals surface area contributed by atoms with E-state index in [0.717, 1.165) is 25.0 Å². The van der Waals surface area contributed by atoms with Gasteiger partial charge in [0.05, 0.1) is 6.10 Å². The highest BCUT2D eigenvalue weighted by molar-refractivity contribution is 14.1. The minimum Gasteiger partial charge on any atom is -0.374 e. The summed E-state index contributed by atoms with van der Waals surface area (Å²) in [6, 6.07) is 8.45. The van der Waals surface area contributed by atoms with Crippen LogP contribution in [0.1, 0.15) is 18.4 Å². The zero-order chi connectivity index (χ0) is 9.97. The molecule has 1 saturated heterocycles. The number of hydrogen-bond donors (Lipinski definition) is 0. The Morgan fingerprint density at radius 3 is 2.64 bits per heavy atom. The van der Waals surface area contributed by atoms with Crippen molar-refractivity contribution in [3.63, 3.8) is 0 Å². The first-order valence-corrected chi connectivity index (χ1v) is 5.91. The third kappa shape index (κ3) is 2.17. The molecule has 0 saturated carbocycles. The minimum absolute atomic E-state index is 0.245. The van der Waals surface area contributed by atoms with E-state index in [1.54, 1.807) is 0 Å². The Bertz CT molecular complexity index is 323. The van der Waals surface area contributed by atoms with Gasteiger partial charge >= 0.3 is 0 Å². The van der Waals surface area contributed by atoms with Gasteiger partial charge in [-0.25, -0.2) is 0 Å². The van der Waals surface area contributed by atoms with Crippen molar-refractivity contribution in [2.45, 2.75) is 18.9 Å². The van der Waals surface area contributed by atoms with Crippen LogP contribution in [0.2, 0.25) is 0 Å². The molecule has 0 radical (unpaired) electrons. The van der Waals surface area contributed by atoms with Crippen LogP contribution in [0.5, 0.6) is 0 Å². The first kappa shape index (κ1) is 10.2. The normalized spacial score (nSPS) is 21.1. The van der Waals surface area contributed by atoms with E-state index in [2.05, 4.69) is 53.4 Å². The molecule has 0 N–H and O–H groups in total. The van der Waals surface area contributed by atoms with Crippen LogP contribution in [-0.4, -0.2) is 12.7 Å². The van der Waals surface area contributed by atoms with Gasteiger partial charge in [0.25, 0.3) is 0 Å². The van der Waals surface area contributed by atoms with Gasteiger partial charge in [0.2, 0.25) is 0 Å². The van der Waals surface area contributed by atoms with Gasteiger partial charge < -0.3 is 4.74 Å².